The molecule has 1 aliphatic carbocycles. The minimum absolute atomic E-state index is 0.0807. The molecule has 4 amide bonds. The number of hydrogen-bond donors (Lipinski definition) is 4. The molecule has 2 rings (SSSR count). The molecule has 1 heterocycles. The fraction of sp³-hybridized carbons (Fsp3) is 0.429. The van der Waals surface area contributed by atoms with Gasteiger partial charge >= 0.3 is 6.03 Å². The van der Waals surface area contributed by atoms with Crippen LogP contribution < -0.4 is 22.1 Å². The predicted octanol–water partition coefficient (Wildman–Crippen LogP) is 1.01. The highest BCUT2D eigenvalue weighted by Gasteiger charge is 2.27. The van der Waals surface area contributed by atoms with E-state index in [4.69, 9.17) is 16.2 Å². The molecular formula is C14H18N4O5S. The summed E-state index contributed by atoms with van der Waals surface area (Å²) in [5.74, 6) is -1.13. The summed E-state index contributed by atoms with van der Waals surface area (Å²) >= 11 is 1.00. The molecule has 6 N–H and O–H groups in total. The van der Waals surface area contributed by atoms with Crippen LogP contribution in [-0.2, 0) is 14.3 Å². The zero-order valence-corrected chi connectivity index (χ0v) is 13.6. The van der Waals surface area contributed by atoms with E-state index in [9.17, 15) is 19.2 Å². The van der Waals surface area contributed by atoms with Crippen molar-refractivity contribution in [2.75, 3.05) is 10.6 Å². The van der Waals surface area contributed by atoms with Crippen LogP contribution in [0.15, 0.2) is 6.07 Å². The molecule has 0 spiro atoms. The fourth-order valence-electron chi connectivity index (χ4n) is 2.60. The summed E-state index contributed by atoms with van der Waals surface area (Å²) in [6.07, 6.45) is 2.32. The molecule has 0 atom stereocenters. The van der Waals surface area contributed by atoms with Gasteiger partial charge in [-0.2, -0.15) is 0 Å². The van der Waals surface area contributed by atoms with Crippen LogP contribution in [0.25, 0.3) is 0 Å². The van der Waals surface area contributed by atoms with Crippen LogP contribution in [0.5, 0.6) is 0 Å². The molecule has 1 aromatic rings. The van der Waals surface area contributed by atoms with Gasteiger partial charge < -0.3 is 21.5 Å². The van der Waals surface area contributed by atoms with E-state index >= 15 is 0 Å². The van der Waals surface area contributed by atoms with Gasteiger partial charge in [-0.1, -0.05) is 11.3 Å². The fourth-order valence-corrected chi connectivity index (χ4v) is 3.57. The third kappa shape index (κ3) is 4.44. The number of primary amides is 2. The molecule has 10 heteroatoms. The second-order valence-electron chi connectivity index (χ2n) is 5.40. The molecule has 0 aromatic carbocycles. The quantitative estimate of drug-likeness (QED) is 0.561. The van der Waals surface area contributed by atoms with E-state index in [-0.39, 0.29) is 28.5 Å². The Labute approximate surface area is 141 Å². The molecular weight excluding hydrogens is 336 g/mol. The summed E-state index contributed by atoms with van der Waals surface area (Å²) in [5, 5.41) is 5.60. The minimum atomic E-state index is -0.828. The number of rotatable bonds is 6. The second-order valence-corrected chi connectivity index (χ2v) is 6.45. The van der Waals surface area contributed by atoms with Gasteiger partial charge in [0.25, 0.3) is 12.4 Å². The Hall–Kier alpha value is -2.62. The lowest BCUT2D eigenvalue weighted by Crippen LogP contribution is -2.29. The summed E-state index contributed by atoms with van der Waals surface area (Å²) in [6, 6.07) is 0.572. The van der Waals surface area contributed by atoms with Gasteiger partial charge in [0.1, 0.15) is 11.1 Å². The Kier molecular flexibility index (Phi) is 5.74. The van der Waals surface area contributed by atoms with E-state index in [1.165, 1.54) is 6.07 Å². The van der Waals surface area contributed by atoms with Crippen LogP contribution in [0.1, 0.15) is 36.0 Å². The zero-order chi connectivity index (χ0) is 17.7. The molecule has 1 saturated carbocycles. The maximum absolute atomic E-state index is 12.3. The van der Waals surface area contributed by atoms with Crippen LogP contribution in [-0.4, -0.2) is 30.4 Å². The summed E-state index contributed by atoms with van der Waals surface area (Å²) in [7, 11) is 0. The topological polar surface area (TPSA) is 154 Å². The lowest BCUT2D eigenvalue weighted by molar-refractivity contribution is -0.135. The molecule has 1 aliphatic rings. The number of carbonyl (C=O) groups excluding carboxylic acids is 4. The van der Waals surface area contributed by atoms with E-state index < -0.39 is 11.9 Å². The predicted molar refractivity (Wildman–Crippen MR) is 87.6 cm³/mol. The van der Waals surface area contributed by atoms with Gasteiger partial charge in [-0.05, 0) is 31.7 Å². The van der Waals surface area contributed by atoms with Crippen molar-refractivity contribution in [3.05, 3.63) is 11.6 Å². The molecule has 0 radical (unpaired) electrons. The van der Waals surface area contributed by atoms with Crippen molar-refractivity contribution in [2.24, 2.45) is 17.4 Å². The van der Waals surface area contributed by atoms with Crippen molar-refractivity contribution in [3.8, 4) is 0 Å². The third-order valence-corrected chi connectivity index (χ3v) is 4.74. The van der Waals surface area contributed by atoms with Crippen LogP contribution in [0.4, 0.5) is 14.8 Å². The molecule has 0 bridgehead atoms. The van der Waals surface area contributed by atoms with Crippen molar-refractivity contribution in [1.29, 1.82) is 0 Å². The highest BCUT2D eigenvalue weighted by atomic mass is 32.1. The molecule has 0 aliphatic heterocycles. The van der Waals surface area contributed by atoms with Crippen LogP contribution >= 0.6 is 11.3 Å². The lowest BCUT2D eigenvalue weighted by Gasteiger charge is -2.26. The number of nitrogens with one attached hydrogen (secondary N) is 2. The molecule has 0 saturated heterocycles. The number of amides is 4. The van der Waals surface area contributed by atoms with Gasteiger partial charge in [-0.15, -0.1) is 0 Å². The van der Waals surface area contributed by atoms with Gasteiger partial charge in [-0.3, -0.25) is 19.7 Å². The number of nitrogens with two attached hydrogens (primary N) is 2. The average molecular weight is 354 g/mol. The summed E-state index contributed by atoms with van der Waals surface area (Å²) in [4.78, 5) is 45.0. The van der Waals surface area contributed by atoms with Crippen molar-refractivity contribution in [3.63, 3.8) is 0 Å². The zero-order valence-electron chi connectivity index (χ0n) is 12.7. The Bertz CT molecular complexity index is 652. The Morgan fingerprint density at radius 3 is 2.38 bits per heavy atom. The van der Waals surface area contributed by atoms with Crippen LogP contribution in [0.3, 0.4) is 0 Å². The van der Waals surface area contributed by atoms with E-state index in [1.807, 2.05) is 0 Å². The molecule has 130 valence electrons. The maximum atomic E-state index is 12.3. The Morgan fingerprint density at radius 2 is 1.83 bits per heavy atom. The molecule has 1 fully saturated rings. The molecule has 0 unspecified atom stereocenters. The monoisotopic (exact) mass is 354 g/mol. The Morgan fingerprint density at radius 1 is 1.17 bits per heavy atom. The van der Waals surface area contributed by atoms with Crippen molar-refractivity contribution in [1.82, 2.24) is 0 Å². The number of urea groups is 1. The normalized spacial score (nSPS) is 20.0. The van der Waals surface area contributed by atoms with E-state index in [0.717, 1.165) is 11.3 Å². The van der Waals surface area contributed by atoms with E-state index in [2.05, 4.69) is 10.6 Å². The highest BCUT2D eigenvalue weighted by molar-refractivity contribution is 7.20. The van der Waals surface area contributed by atoms with Crippen molar-refractivity contribution < 1.29 is 23.9 Å². The van der Waals surface area contributed by atoms with E-state index in [0.29, 0.717) is 37.2 Å². The van der Waals surface area contributed by atoms with Crippen molar-refractivity contribution in [2.45, 2.75) is 31.8 Å². The molecule has 9 nitrogen and oxygen atoms in total. The minimum Gasteiger partial charge on any atom is -0.465 e. The first kappa shape index (κ1) is 17.7. The largest absolute Gasteiger partial charge is 0.465 e. The smallest absolute Gasteiger partial charge is 0.317 e. The first-order valence-electron chi connectivity index (χ1n) is 7.30. The standard InChI is InChI=1S/C14H18N4O5S/c15-11(20)9-5-10(24-13(9)18-14(16)22)17-12(21)7-1-3-8(4-2-7)23-6-19/h5-8H,1-4H2,(H2,15,20)(H,17,21)(H3,16,18,22). The van der Waals surface area contributed by atoms with Crippen molar-refractivity contribution >= 4 is 45.7 Å². The van der Waals surface area contributed by atoms with Gasteiger partial charge in [0, 0.05) is 5.92 Å². The maximum Gasteiger partial charge on any atom is 0.317 e. The van der Waals surface area contributed by atoms with Crippen LogP contribution in [0, 0.1) is 5.92 Å². The van der Waals surface area contributed by atoms with E-state index in [1.54, 1.807) is 0 Å². The average Bonchev–Trinajstić information content (AvgIpc) is 2.90. The van der Waals surface area contributed by atoms with Crippen LogP contribution in [0.2, 0.25) is 0 Å². The number of anilines is 2. The SMILES string of the molecule is NC(=O)Nc1sc(NC(=O)C2CCC(OC=O)CC2)cc1C(N)=O. The summed E-state index contributed by atoms with van der Waals surface area (Å²) < 4.78 is 4.90. The van der Waals surface area contributed by atoms with Gasteiger partial charge in [0.2, 0.25) is 5.91 Å². The number of ether oxygens (including phenoxy) is 1. The highest BCUT2D eigenvalue weighted by Crippen LogP contribution is 2.33. The third-order valence-electron chi connectivity index (χ3n) is 3.77. The summed E-state index contributed by atoms with van der Waals surface area (Å²) in [6.45, 7) is 0.426. The Balaban J connectivity index is 2.00. The molecule has 1 aromatic heterocycles. The second kappa shape index (κ2) is 7.77. The first-order valence-corrected chi connectivity index (χ1v) is 8.12. The summed E-state index contributed by atoms with van der Waals surface area (Å²) in [5.41, 5.74) is 10.4. The van der Waals surface area contributed by atoms with Gasteiger partial charge in [0.05, 0.1) is 10.6 Å². The number of thiophene rings is 1. The number of carbonyl (C=O) groups is 4. The van der Waals surface area contributed by atoms with Gasteiger partial charge in [-0.25, -0.2) is 4.79 Å². The lowest BCUT2D eigenvalue weighted by atomic mass is 9.87. The van der Waals surface area contributed by atoms with Gasteiger partial charge in [0.15, 0.2) is 0 Å². The number of hydrogen-bond acceptors (Lipinski definition) is 6. The molecule has 24 heavy (non-hydrogen) atoms. The first-order chi connectivity index (χ1) is 11.4.